The summed E-state index contributed by atoms with van der Waals surface area (Å²) in [5, 5.41) is 8.72. The second kappa shape index (κ2) is 6.07. The van der Waals surface area contributed by atoms with Crippen molar-refractivity contribution in [1.29, 1.82) is 0 Å². The molecule has 2 rings (SSSR count). The fourth-order valence-electron chi connectivity index (χ4n) is 2.11. The van der Waals surface area contributed by atoms with Gasteiger partial charge in [-0.2, -0.15) is 0 Å². The van der Waals surface area contributed by atoms with Gasteiger partial charge in [0.05, 0.1) is 6.54 Å². The molecule has 1 aliphatic rings. The molecule has 1 aliphatic heterocycles. The molecule has 0 aromatic heterocycles. The fourth-order valence-corrected chi connectivity index (χ4v) is 3.16. The van der Waals surface area contributed by atoms with E-state index in [1.807, 2.05) is 34.9 Å². The van der Waals surface area contributed by atoms with Gasteiger partial charge in [0.2, 0.25) is 0 Å². The quantitative estimate of drug-likeness (QED) is 0.814. The second-order valence-corrected chi connectivity index (χ2v) is 5.50. The van der Waals surface area contributed by atoms with Crippen LogP contribution in [-0.4, -0.2) is 41.4 Å². The van der Waals surface area contributed by atoms with Gasteiger partial charge in [-0.1, -0.05) is 18.2 Å². The van der Waals surface area contributed by atoms with E-state index in [9.17, 15) is 4.79 Å². The Morgan fingerprint density at radius 2 is 2.18 bits per heavy atom. The van der Waals surface area contributed by atoms with Crippen LogP contribution >= 0.6 is 11.8 Å². The van der Waals surface area contributed by atoms with E-state index in [1.54, 1.807) is 0 Å². The van der Waals surface area contributed by atoms with Crippen molar-refractivity contribution in [3.05, 3.63) is 30.3 Å². The number of hydrogen-bond donors (Lipinski definition) is 1. The minimum atomic E-state index is -0.721. The normalized spacial score (nSPS) is 20.6. The predicted molar refractivity (Wildman–Crippen MR) is 69.3 cm³/mol. The van der Waals surface area contributed by atoms with Crippen molar-refractivity contribution >= 4 is 17.7 Å². The van der Waals surface area contributed by atoms with Gasteiger partial charge in [-0.25, -0.2) is 0 Å². The summed E-state index contributed by atoms with van der Waals surface area (Å²) in [6.07, 6.45) is 1.12. The van der Waals surface area contributed by atoms with E-state index in [2.05, 4.69) is 12.1 Å². The number of nitrogens with zero attached hydrogens (tertiary/aromatic N) is 1. The van der Waals surface area contributed by atoms with Gasteiger partial charge in [0.1, 0.15) is 0 Å². The maximum Gasteiger partial charge on any atom is 0.317 e. The molecule has 1 aromatic rings. The average Bonchev–Trinajstić information content (AvgIpc) is 2.75. The Kier molecular flexibility index (Phi) is 4.45. The standard InChI is InChI=1S/C13H17NO2S/c15-13(16)9-14-7-6-11(8-14)10-17-12-4-2-1-3-5-12/h1-5,11H,6-10H2,(H,15,16). The minimum Gasteiger partial charge on any atom is -0.480 e. The summed E-state index contributed by atoms with van der Waals surface area (Å²) >= 11 is 1.86. The molecule has 17 heavy (non-hydrogen) atoms. The van der Waals surface area contributed by atoms with Gasteiger partial charge in [-0.15, -0.1) is 11.8 Å². The third-order valence-electron chi connectivity index (χ3n) is 2.96. The summed E-state index contributed by atoms with van der Waals surface area (Å²) in [5.41, 5.74) is 0. The van der Waals surface area contributed by atoms with E-state index in [4.69, 9.17) is 5.11 Å². The van der Waals surface area contributed by atoms with Crippen LogP contribution in [0, 0.1) is 5.92 Å². The monoisotopic (exact) mass is 251 g/mol. The highest BCUT2D eigenvalue weighted by molar-refractivity contribution is 7.99. The highest BCUT2D eigenvalue weighted by atomic mass is 32.2. The predicted octanol–water partition coefficient (Wildman–Crippen LogP) is 2.19. The first-order chi connectivity index (χ1) is 8.24. The van der Waals surface area contributed by atoms with Crippen LogP contribution in [0.25, 0.3) is 0 Å². The number of likely N-dealkylation sites (tertiary alicyclic amines) is 1. The van der Waals surface area contributed by atoms with Gasteiger partial charge >= 0.3 is 5.97 Å². The van der Waals surface area contributed by atoms with Gasteiger partial charge in [-0.05, 0) is 31.0 Å². The molecule has 1 atom stereocenters. The van der Waals surface area contributed by atoms with Crippen LogP contribution in [0.1, 0.15) is 6.42 Å². The van der Waals surface area contributed by atoms with Crippen molar-refractivity contribution in [2.75, 3.05) is 25.4 Å². The molecule has 0 radical (unpaired) electrons. The Bertz CT molecular complexity index is 369. The topological polar surface area (TPSA) is 40.5 Å². The molecule has 1 N–H and O–H groups in total. The van der Waals surface area contributed by atoms with E-state index in [-0.39, 0.29) is 6.54 Å². The maximum absolute atomic E-state index is 10.6. The lowest BCUT2D eigenvalue weighted by Crippen LogP contribution is -2.27. The largest absolute Gasteiger partial charge is 0.480 e. The van der Waals surface area contributed by atoms with Crippen molar-refractivity contribution < 1.29 is 9.90 Å². The number of hydrogen-bond acceptors (Lipinski definition) is 3. The van der Waals surface area contributed by atoms with Crippen LogP contribution in [0.3, 0.4) is 0 Å². The minimum absolute atomic E-state index is 0.187. The van der Waals surface area contributed by atoms with Gasteiger partial charge in [0.25, 0.3) is 0 Å². The third-order valence-corrected chi connectivity index (χ3v) is 4.20. The molecule has 1 heterocycles. The SMILES string of the molecule is O=C(O)CN1CCC(CSc2ccccc2)C1. The highest BCUT2D eigenvalue weighted by Crippen LogP contribution is 2.25. The summed E-state index contributed by atoms with van der Waals surface area (Å²) in [5.74, 6) is 0.987. The molecule has 0 aliphatic carbocycles. The molecule has 3 nitrogen and oxygen atoms in total. The Morgan fingerprint density at radius 3 is 2.88 bits per heavy atom. The third kappa shape index (κ3) is 4.06. The molecule has 1 fully saturated rings. The first kappa shape index (κ1) is 12.5. The Balaban J connectivity index is 1.73. The molecule has 92 valence electrons. The summed E-state index contributed by atoms with van der Waals surface area (Å²) in [6, 6.07) is 10.4. The first-order valence-corrected chi connectivity index (χ1v) is 6.84. The number of thioether (sulfide) groups is 1. The van der Waals surface area contributed by atoms with E-state index < -0.39 is 5.97 Å². The van der Waals surface area contributed by atoms with Gasteiger partial charge in [0.15, 0.2) is 0 Å². The van der Waals surface area contributed by atoms with E-state index >= 15 is 0 Å². The maximum atomic E-state index is 10.6. The van der Waals surface area contributed by atoms with Crippen LogP contribution in [0.2, 0.25) is 0 Å². The zero-order chi connectivity index (χ0) is 12.1. The zero-order valence-corrected chi connectivity index (χ0v) is 10.5. The average molecular weight is 251 g/mol. The molecule has 1 saturated heterocycles. The van der Waals surface area contributed by atoms with E-state index in [1.165, 1.54) is 4.90 Å². The van der Waals surface area contributed by atoms with Crippen molar-refractivity contribution in [2.24, 2.45) is 5.92 Å². The molecule has 0 amide bonds. The summed E-state index contributed by atoms with van der Waals surface area (Å²) in [4.78, 5) is 13.9. The van der Waals surface area contributed by atoms with Crippen LogP contribution < -0.4 is 0 Å². The van der Waals surface area contributed by atoms with Gasteiger partial charge < -0.3 is 5.11 Å². The van der Waals surface area contributed by atoms with Crippen molar-refractivity contribution in [2.45, 2.75) is 11.3 Å². The van der Waals surface area contributed by atoms with Crippen LogP contribution in [0.15, 0.2) is 35.2 Å². The smallest absolute Gasteiger partial charge is 0.317 e. The first-order valence-electron chi connectivity index (χ1n) is 5.86. The van der Waals surface area contributed by atoms with Crippen molar-refractivity contribution in [3.8, 4) is 0 Å². The Morgan fingerprint density at radius 1 is 1.41 bits per heavy atom. The molecule has 0 spiro atoms. The fraction of sp³-hybridized carbons (Fsp3) is 0.462. The number of benzene rings is 1. The van der Waals surface area contributed by atoms with Crippen LogP contribution in [-0.2, 0) is 4.79 Å². The number of rotatable bonds is 5. The second-order valence-electron chi connectivity index (χ2n) is 4.41. The van der Waals surface area contributed by atoms with Gasteiger partial charge in [0, 0.05) is 17.2 Å². The number of carboxylic acids is 1. The van der Waals surface area contributed by atoms with Gasteiger partial charge in [-0.3, -0.25) is 9.69 Å². The molecular formula is C13H17NO2S. The molecular weight excluding hydrogens is 234 g/mol. The molecule has 1 aromatic carbocycles. The summed E-state index contributed by atoms with van der Waals surface area (Å²) in [7, 11) is 0. The molecule has 4 heteroatoms. The number of aliphatic carboxylic acids is 1. The van der Waals surface area contributed by atoms with E-state index in [0.29, 0.717) is 5.92 Å². The lowest BCUT2D eigenvalue weighted by molar-refractivity contribution is -0.138. The summed E-state index contributed by atoms with van der Waals surface area (Å²) < 4.78 is 0. The van der Waals surface area contributed by atoms with Crippen molar-refractivity contribution in [3.63, 3.8) is 0 Å². The van der Waals surface area contributed by atoms with Crippen LogP contribution in [0.4, 0.5) is 0 Å². The molecule has 0 bridgehead atoms. The zero-order valence-electron chi connectivity index (χ0n) is 9.71. The van der Waals surface area contributed by atoms with E-state index in [0.717, 1.165) is 25.3 Å². The number of carbonyl (C=O) groups is 1. The Hall–Kier alpha value is -1.00. The summed E-state index contributed by atoms with van der Waals surface area (Å²) in [6.45, 7) is 2.03. The lowest BCUT2D eigenvalue weighted by atomic mass is 10.2. The Labute approximate surface area is 106 Å². The van der Waals surface area contributed by atoms with Crippen molar-refractivity contribution in [1.82, 2.24) is 4.90 Å². The lowest BCUT2D eigenvalue weighted by Gasteiger charge is -2.12. The molecule has 1 unspecified atom stereocenters. The molecule has 0 saturated carbocycles. The van der Waals surface area contributed by atoms with Crippen LogP contribution in [0.5, 0.6) is 0 Å². The number of carboxylic acid groups (broad SMARTS) is 1. The highest BCUT2D eigenvalue weighted by Gasteiger charge is 2.23.